The largest absolute Gasteiger partial charge is 0.207 e. The highest BCUT2D eigenvalue weighted by Crippen LogP contribution is 2.62. The second-order valence-electron chi connectivity index (χ2n) is 10.8. The van der Waals surface area contributed by atoms with Crippen molar-refractivity contribution in [1.29, 1.82) is 0 Å². The van der Waals surface area contributed by atoms with E-state index < -0.39 is 11.6 Å². The van der Waals surface area contributed by atoms with Gasteiger partial charge in [0.1, 0.15) is 11.6 Å². The molecule has 2 heteroatoms. The van der Waals surface area contributed by atoms with Crippen LogP contribution in [0.15, 0.2) is 42.5 Å². The van der Waals surface area contributed by atoms with E-state index in [0.717, 1.165) is 30.9 Å². The van der Waals surface area contributed by atoms with Crippen LogP contribution in [0.4, 0.5) is 8.78 Å². The summed E-state index contributed by atoms with van der Waals surface area (Å²) in [5.74, 6) is -0.945. The lowest BCUT2D eigenvalue weighted by atomic mass is 9.67. The minimum absolute atomic E-state index is 0.0652. The molecule has 0 saturated heterocycles. The second kappa shape index (κ2) is 6.15. The Morgan fingerprint density at radius 3 is 1.82 bits per heavy atom. The zero-order chi connectivity index (χ0) is 20.4. The van der Waals surface area contributed by atoms with Crippen molar-refractivity contribution in [3.05, 3.63) is 70.8 Å². The molecule has 2 aliphatic rings. The van der Waals surface area contributed by atoms with E-state index in [4.69, 9.17) is 0 Å². The van der Waals surface area contributed by atoms with Gasteiger partial charge in [-0.05, 0) is 71.8 Å². The summed E-state index contributed by atoms with van der Waals surface area (Å²) in [5, 5.41) is 0. The van der Waals surface area contributed by atoms with Gasteiger partial charge >= 0.3 is 0 Å². The first-order chi connectivity index (χ1) is 13.0. The normalized spacial score (nSPS) is 20.1. The van der Waals surface area contributed by atoms with Gasteiger partial charge in [0.2, 0.25) is 0 Å². The van der Waals surface area contributed by atoms with E-state index >= 15 is 0 Å². The molecule has 0 bridgehead atoms. The summed E-state index contributed by atoms with van der Waals surface area (Å²) in [5.41, 5.74) is 3.97. The molecule has 150 valence electrons. The smallest absolute Gasteiger partial charge is 0.126 e. The van der Waals surface area contributed by atoms with Crippen LogP contribution in [0.5, 0.6) is 0 Å². The Balaban J connectivity index is 1.63. The Hall–Kier alpha value is -1.70. The van der Waals surface area contributed by atoms with Crippen LogP contribution in [-0.2, 0) is 17.3 Å². The quantitative estimate of drug-likeness (QED) is 0.507. The highest BCUT2D eigenvalue weighted by Gasteiger charge is 2.56. The molecule has 0 amide bonds. The van der Waals surface area contributed by atoms with Crippen molar-refractivity contribution >= 4 is 0 Å². The lowest BCUT2D eigenvalue weighted by molar-refractivity contribution is 0.259. The van der Waals surface area contributed by atoms with Gasteiger partial charge in [-0.1, -0.05) is 58.9 Å². The molecule has 2 saturated carbocycles. The third-order valence-corrected chi connectivity index (χ3v) is 7.77. The first-order valence-electron chi connectivity index (χ1n) is 10.6. The predicted molar refractivity (Wildman–Crippen MR) is 112 cm³/mol. The average molecular weight is 383 g/mol. The van der Waals surface area contributed by atoms with Crippen molar-refractivity contribution in [3.63, 3.8) is 0 Å². The minimum Gasteiger partial charge on any atom is -0.207 e. The van der Waals surface area contributed by atoms with Crippen LogP contribution in [-0.4, -0.2) is 0 Å². The number of hydrogen-bond acceptors (Lipinski definition) is 0. The summed E-state index contributed by atoms with van der Waals surface area (Å²) < 4.78 is 27.7. The molecule has 4 rings (SSSR count). The SMILES string of the molecule is CC(C)(C)C1(c2cccc(CC(C)(C)C3(c4cc(F)cc(F)c4)CC3)c2)CC1. The highest BCUT2D eigenvalue weighted by molar-refractivity contribution is 5.40. The van der Waals surface area contributed by atoms with Crippen molar-refractivity contribution in [2.24, 2.45) is 10.8 Å². The predicted octanol–water partition coefficient (Wildman–Crippen LogP) is 7.34. The van der Waals surface area contributed by atoms with E-state index in [2.05, 4.69) is 58.9 Å². The fourth-order valence-electron chi connectivity index (χ4n) is 5.57. The lowest BCUT2D eigenvalue weighted by Gasteiger charge is -2.36. The molecule has 0 unspecified atom stereocenters. The van der Waals surface area contributed by atoms with Gasteiger partial charge in [-0.25, -0.2) is 8.78 Å². The first-order valence-corrected chi connectivity index (χ1v) is 10.6. The lowest BCUT2D eigenvalue weighted by Crippen LogP contribution is -2.32. The third kappa shape index (κ3) is 3.09. The summed E-state index contributed by atoms with van der Waals surface area (Å²) in [7, 11) is 0. The van der Waals surface area contributed by atoms with Gasteiger partial charge in [0.25, 0.3) is 0 Å². The molecular formula is C26H32F2. The summed E-state index contributed by atoms with van der Waals surface area (Å²) in [4.78, 5) is 0. The summed E-state index contributed by atoms with van der Waals surface area (Å²) >= 11 is 0. The number of benzene rings is 2. The third-order valence-electron chi connectivity index (χ3n) is 7.77. The van der Waals surface area contributed by atoms with Crippen LogP contribution < -0.4 is 0 Å². The monoisotopic (exact) mass is 382 g/mol. The number of hydrogen-bond donors (Lipinski definition) is 0. The molecule has 0 radical (unpaired) electrons. The Kier molecular flexibility index (Phi) is 4.30. The van der Waals surface area contributed by atoms with Gasteiger partial charge in [0, 0.05) is 16.9 Å². The Bertz CT molecular complexity index is 873. The maximum atomic E-state index is 13.9. The molecule has 2 aromatic rings. The van der Waals surface area contributed by atoms with Crippen molar-refractivity contribution in [1.82, 2.24) is 0 Å². The summed E-state index contributed by atoms with van der Waals surface area (Å²) in [6.07, 6.45) is 5.42. The maximum absolute atomic E-state index is 13.9. The Morgan fingerprint density at radius 2 is 1.32 bits per heavy atom. The molecular weight excluding hydrogens is 350 g/mol. The molecule has 0 atom stereocenters. The van der Waals surface area contributed by atoms with E-state index in [1.807, 2.05) is 0 Å². The standard InChI is InChI=1S/C26H32F2/c1-23(2,3)25(9-10-25)19-8-6-7-18(13-19)17-24(4,5)26(11-12-26)20-14-21(27)16-22(28)15-20/h6-8,13-16H,9-12,17H2,1-5H3. The molecule has 2 fully saturated rings. The summed E-state index contributed by atoms with van der Waals surface area (Å²) in [6, 6.07) is 13.1. The van der Waals surface area contributed by atoms with Crippen LogP contribution in [0.2, 0.25) is 0 Å². The van der Waals surface area contributed by atoms with E-state index in [-0.39, 0.29) is 16.2 Å². The van der Waals surface area contributed by atoms with Crippen LogP contribution >= 0.6 is 0 Å². The van der Waals surface area contributed by atoms with E-state index in [1.165, 1.54) is 36.1 Å². The molecule has 0 N–H and O–H groups in total. The van der Waals surface area contributed by atoms with Crippen molar-refractivity contribution in [2.75, 3.05) is 0 Å². The highest BCUT2D eigenvalue weighted by atomic mass is 19.1. The van der Waals surface area contributed by atoms with Crippen LogP contribution in [0.1, 0.15) is 77.0 Å². The molecule has 2 aromatic carbocycles. The van der Waals surface area contributed by atoms with Crippen molar-refractivity contribution < 1.29 is 8.78 Å². The van der Waals surface area contributed by atoms with Crippen LogP contribution in [0.3, 0.4) is 0 Å². The molecule has 0 aromatic heterocycles. The zero-order valence-corrected chi connectivity index (χ0v) is 17.8. The van der Waals surface area contributed by atoms with E-state index in [9.17, 15) is 8.78 Å². The fraction of sp³-hybridized carbons (Fsp3) is 0.538. The molecule has 0 spiro atoms. The molecule has 28 heavy (non-hydrogen) atoms. The van der Waals surface area contributed by atoms with Crippen molar-refractivity contribution in [2.45, 2.75) is 77.6 Å². The average Bonchev–Trinajstić information content (AvgIpc) is 3.44. The van der Waals surface area contributed by atoms with Gasteiger partial charge in [-0.3, -0.25) is 0 Å². The van der Waals surface area contributed by atoms with Gasteiger partial charge < -0.3 is 0 Å². The molecule has 0 heterocycles. The Labute approximate surface area is 168 Å². The molecule has 0 aliphatic heterocycles. The zero-order valence-electron chi connectivity index (χ0n) is 17.8. The van der Waals surface area contributed by atoms with Gasteiger partial charge in [-0.2, -0.15) is 0 Å². The van der Waals surface area contributed by atoms with Crippen molar-refractivity contribution in [3.8, 4) is 0 Å². The van der Waals surface area contributed by atoms with Gasteiger partial charge in [-0.15, -0.1) is 0 Å². The number of halogens is 2. The van der Waals surface area contributed by atoms with E-state index in [1.54, 1.807) is 0 Å². The molecule has 0 nitrogen and oxygen atoms in total. The summed E-state index contributed by atoms with van der Waals surface area (Å²) in [6.45, 7) is 11.5. The second-order valence-corrected chi connectivity index (χ2v) is 10.8. The van der Waals surface area contributed by atoms with Crippen LogP contribution in [0, 0.1) is 22.5 Å². The number of rotatable bonds is 5. The Morgan fingerprint density at radius 1 is 0.750 bits per heavy atom. The topological polar surface area (TPSA) is 0 Å². The van der Waals surface area contributed by atoms with Crippen LogP contribution in [0.25, 0.3) is 0 Å². The van der Waals surface area contributed by atoms with Gasteiger partial charge in [0.05, 0.1) is 0 Å². The fourth-order valence-corrected chi connectivity index (χ4v) is 5.57. The maximum Gasteiger partial charge on any atom is 0.126 e. The van der Waals surface area contributed by atoms with E-state index in [0.29, 0.717) is 5.41 Å². The minimum atomic E-state index is -0.472. The molecule has 2 aliphatic carbocycles. The first kappa shape index (κ1) is 19.6. The van der Waals surface area contributed by atoms with Gasteiger partial charge in [0.15, 0.2) is 0 Å².